The van der Waals surface area contributed by atoms with Crippen molar-refractivity contribution in [2.24, 2.45) is 34.5 Å². The smallest absolute Gasteiger partial charge is 0.340 e. The predicted molar refractivity (Wildman–Crippen MR) is 165 cm³/mol. The molecule has 0 amide bonds. The van der Waals surface area contributed by atoms with Gasteiger partial charge < -0.3 is 20.5 Å². The summed E-state index contributed by atoms with van der Waals surface area (Å²) in [5, 5.41) is 3.27. The van der Waals surface area contributed by atoms with Crippen LogP contribution in [0.5, 0.6) is 0 Å². The zero-order valence-corrected chi connectivity index (χ0v) is 25.8. The first-order valence-corrected chi connectivity index (χ1v) is 16.5. The molecule has 43 heavy (non-hydrogen) atoms. The van der Waals surface area contributed by atoms with Crippen LogP contribution in [0.3, 0.4) is 0 Å². The molecule has 1 aromatic heterocycles. The molecule has 1 aromatic rings. The number of anilines is 1. The van der Waals surface area contributed by atoms with Gasteiger partial charge in [0.15, 0.2) is 0 Å². The normalized spacial score (nSPS) is 33.1. The number of hydrogen-bond donors (Lipinski definition) is 2. The third kappa shape index (κ3) is 4.44. The summed E-state index contributed by atoms with van der Waals surface area (Å²) in [5.41, 5.74) is 10.5. The Balaban J connectivity index is 1.38. The van der Waals surface area contributed by atoms with E-state index in [1.807, 2.05) is 19.2 Å². The summed E-state index contributed by atoms with van der Waals surface area (Å²) < 4.78 is 12.5. The Morgan fingerprint density at radius 1 is 1.16 bits per heavy atom. The van der Waals surface area contributed by atoms with Gasteiger partial charge in [0.05, 0.1) is 11.0 Å². The molecule has 3 fully saturated rings. The summed E-state index contributed by atoms with van der Waals surface area (Å²) in [6, 6.07) is 3.91. The Labute approximate surface area is 255 Å². The number of aromatic nitrogens is 1. The first kappa shape index (κ1) is 28.6. The van der Waals surface area contributed by atoms with Crippen molar-refractivity contribution in [2.75, 3.05) is 19.3 Å². The second-order valence-electron chi connectivity index (χ2n) is 14.0. The van der Waals surface area contributed by atoms with Crippen LogP contribution < -0.4 is 11.1 Å². The molecule has 0 radical (unpaired) electrons. The zero-order valence-electron chi connectivity index (χ0n) is 25.8. The molecule has 7 heteroatoms. The van der Waals surface area contributed by atoms with Crippen molar-refractivity contribution >= 4 is 17.8 Å². The number of nitrogens with zero attached hydrogens (tertiary/aromatic N) is 1. The molecule has 5 atom stereocenters. The van der Waals surface area contributed by atoms with Crippen LogP contribution in [0.1, 0.15) is 83.6 Å². The second-order valence-corrected chi connectivity index (χ2v) is 14.0. The SMILES string of the molecule is CCC1(/C=C2\OC(=O)C3=C2CC[C@H]2[C@@H]4CC[C@@]5(C(=C4Cc4ccnc(N)c4)C(=O)O/C5=C\C[C@H](C)CNC)[C@@H]32)CCCC1. The number of ether oxygens (including phenoxy) is 2. The predicted octanol–water partition coefficient (Wildman–Crippen LogP) is 6.33. The number of hydrogen-bond acceptors (Lipinski definition) is 7. The van der Waals surface area contributed by atoms with E-state index in [0.717, 1.165) is 91.7 Å². The van der Waals surface area contributed by atoms with Gasteiger partial charge in [-0.2, -0.15) is 0 Å². The molecule has 7 nitrogen and oxygen atoms in total. The van der Waals surface area contributed by atoms with Crippen LogP contribution >= 0.6 is 0 Å². The zero-order chi connectivity index (χ0) is 29.9. The summed E-state index contributed by atoms with van der Waals surface area (Å²) in [6.45, 7) is 5.34. The Morgan fingerprint density at radius 3 is 2.72 bits per heavy atom. The van der Waals surface area contributed by atoms with Crippen molar-refractivity contribution in [3.05, 3.63) is 69.9 Å². The molecule has 2 bridgehead atoms. The number of carbonyl (C=O) groups excluding carboxylic acids is 2. The molecule has 5 aliphatic carbocycles. The molecule has 2 saturated carbocycles. The molecule has 228 valence electrons. The highest BCUT2D eigenvalue weighted by Gasteiger charge is 2.68. The average molecular weight is 584 g/mol. The number of carbonyl (C=O) groups is 2. The number of esters is 2. The molecule has 8 rings (SSSR count). The molecule has 1 saturated heterocycles. The van der Waals surface area contributed by atoms with Gasteiger partial charge in [-0.15, -0.1) is 0 Å². The van der Waals surface area contributed by atoms with Gasteiger partial charge >= 0.3 is 11.9 Å². The summed E-state index contributed by atoms with van der Waals surface area (Å²) in [4.78, 5) is 32.1. The first-order valence-electron chi connectivity index (χ1n) is 16.5. The Kier molecular flexibility index (Phi) is 7.15. The Bertz CT molecular complexity index is 1480. The largest absolute Gasteiger partial charge is 0.427 e. The lowest BCUT2D eigenvalue weighted by atomic mass is 9.44. The van der Waals surface area contributed by atoms with Crippen molar-refractivity contribution in [2.45, 2.75) is 84.5 Å². The van der Waals surface area contributed by atoms with Gasteiger partial charge in [0, 0.05) is 23.3 Å². The minimum Gasteiger partial charge on any atom is -0.427 e. The molecule has 1 spiro atoms. The standard InChI is InChI=1S/C36H45N3O4/c1-4-35(13-5-6-14-35)19-27-25-9-8-24-23-11-15-36(31(24)30(25)33(40)42-27)28(10-7-21(2)20-38-3)43-34(41)32(36)26(23)17-22-12-16-39-29(37)18-22/h10,12,16,18-19,21,23-24,31,38H,4-9,11,13-15,17,20H2,1-3H3,(H2,37,39)/b27-19-,28-10-/t21-,23-,24-,31+,36-/m0/s1. The lowest BCUT2D eigenvalue weighted by Gasteiger charge is -2.56. The summed E-state index contributed by atoms with van der Waals surface area (Å²) >= 11 is 0. The molecule has 0 aromatic carbocycles. The average Bonchev–Trinajstić information content (AvgIpc) is 3.67. The summed E-state index contributed by atoms with van der Waals surface area (Å²) in [6.07, 6.45) is 17.1. The highest BCUT2D eigenvalue weighted by atomic mass is 16.5. The van der Waals surface area contributed by atoms with Gasteiger partial charge in [0.2, 0.25) is 0 Å². The fraction of sp³-hybridized carbons (Fsp3) is 0.583. The lowest BCUT2D eigenvalue weighted by molar-refractivity contribution is -0.135. The number of pyridine rings is 1. The maximum Gasteiger partial charge on any atom is 0.340 e. The van der Waals surface area contributed by atoms with E-state index in [9.17, 15) is 9.59 Å². The van der Waals surface area contributed by atoms with E-state index < -0.39 is 5.41 Å². The van der Waals surface area contributed by atoms with E-state index in [0.29, 0.717) is 18.2 Å². The van der Waals surface area contributed by atoms with E-state index in [2.05, 4.69) is 36.3 Å². The van der Waals surface area contributed by atoms with Crippen molar-refractivity contribution in [3.8, 4) is 0 Å². The van der Waals surface area contributed by atoms with Crippen LogP contribution in [0.15, 0.2) is 64.3 Å². The summed E-state index contributed by atoms with van der Waals surface area (Å²) in [5.74, 6) is 2.37. The van der Waals surface area contributed by atoms with Crippen LogP contribution in [0, 0.1) is 34.5 Å². The summed E-state index contributed by atoms with van der Waals surface area (Å²) in [7, 11) is 1.96. The highest BCUT2D eigenvalue weighted by Crippen LogP contribution is 2.70. The number of nitrogens with one attached hydrogen (secondary N) is 1. The van der Waals surface area contributed by atoms with Gasteiger partial charge in [-0.3, -0.25) is 0 Å². The van der Waals surface area contributed by atoms with E-state index in [-0.39, 0.29) is 35.1 Å². The van der Waals surface area contributed by atoms with Crippen LogP contribution in [0.4, 0.5) is 5.82 Å². The molecule has 0 unspecified atom stereocenters. The first-order chi connectivity index (χ1) is 20.8. The number of allylic oxidation sites excluding steroid dienone is 5. The fourth-order valence-electron chi connectivity index (χ4n) is 9.76. The van der Waals surface area contributed by atoms with Crippen molar-refractivity contribution in [1.82, 2.24) is 10.3 Å². The minimum atomic E-state index is -0.630. The van der Waals surface area contributed by atoms with Crippen LogP contribution in [0.2, 0.25) is 0 Å². The molecule has 7 aliphatic rings. The Morgan fingerprint density at radius 2 is 1.98 bits per heavy atom. The van der Waals surface area contributed by atoms with E-state index in [4.69, 9.17) is 15.2 Å². The van der Waals surface area contributed by atoms with Crippen LogP contribution in [0.25, 0.3) is 0 Å². The number of nitrogen functional groups attached to an aromatic ring is 1. The lowest BCUT2D eigenvalue weighted by Crippen LogP contribution is -2.52. The molecule has 2 aliphatic heterocycles. The maximum absolute atomic E-state index is 14.0. The number of fused-ring (bicyclic) bond motifs is 1. The van der Waals surface area contributed by atoms with E-state index in [1.54, 1.807) is 6.20 Å². The third-order valence-electron chi connectivity index (χ3n) is 11.7. The van der Waals surface area contributed by atoms with Gasteiger partial charge in [-0.05, 0) is 124 Å². The second kappa shape index (κ2) is 10.8. The monoisotopic (exact) mass is 583 g/mol. The number of rotatable bonds is 8. The van der Waals surface area contributed by atoms with E-state index in [1.165, 1.54) is 18.4 Å². The Hall–Kier alpha value is -3.19. The van der Waals surface area contributed by atoms with Crippen molar-refractivity contribution in [3.63, 3.8) is 0 Å². The molecule has 3 N–H and O–H groups in total. The number of nitrogens with two attached hydrogens (primary N) is 1. The van der Waals surface area contributed by atoms with E-state index >= 15 is 0 Å². The highest BCUT2D eigenvalue weighted by molar-refractivity contribution is 6.00. The van der Waals surface area contributed by atoms with Gasteiger partial charge in [0.1, 0.15) is 17.3 Å². The third-order valence-corrected chi connectivity index (χ3v) is 11.7. The van der Waals surface area contributed by atoms with Gasteiger partial charge in [-0.1, -0.05) is 32.3 Å². The topological polar surface area (TPSA) is 104 Å². The van der Waals surface area contributed by atoms with Gasteiger partial charge in [0.25, 0.3) is 0 Å². The minimum absolute atomic E-state index is 0.104. The van der Waals surface area contributed by atoms with Crippen LogP contribution in [-0.4, -0.2) is 30.5 Å². The maximum atomic E-state index is 14.0. The van der Waals surface area contributed by atoms with Crippen LogP contribution in [-0.2, 0) is 25.5 Å². The number of cyclic esters (lactones) is 2. The fourth-order valence-corrected chi connectivity index (χ4v) is 9.76. The molecule has 3 heterocycles. The molecular formula is C36H45N3O4. The van der Waals surface area contributed by atoms with Gasteiger partial charge in [-0.25, -0.2) is 14.6 Å². The van der Waals surface area contributed by atoms with Crippen molar-refractivity contribution in [1.29, 1.82) is 0 Å². The quantitative estimate of drug-likeness (QED) is 0.345. The molecular weight excluding hydrogens is 538 g/mol. The van der Waals surface area contributed by atoms with Crippen molar-refractivity contribution < 1.29 is 19.1 Å².